The molecule has 2 N–H and O–H groups in total. The quantitative estimate of drug-likeness (QED) is 0.471. The number of rotatable bonds is 6. The molecular formula is C29H33N3O4. The number of allylic oxidation sites excluding steroid dienone is 1. The van der Waals surface area contributed by atoms with Crippen molar-refractivity contribution in [2.24, 2.45) is 29.1 Å². The Balaban J connectivity index is 1.64. The van der Waals surface area contributed by atoms with Gasteiger partial charge in [-0.1, -0.05) is 44.2 Å². The van der Waals surface area contributed by atoms with Gasteiger partial charge in [-0.05, 0) is 56.2 Å². The van der Waals surface area contributed by atoms with E-state index in [2.05, 4.69) is 36.3 Å². The summed E-state index contributed by atoms with van der Waals surface area (Å²) in [6.07, 6.45) is 5.76. The van der Waals surface area contributed by atoms with Gasteiger partial charge in [-0.3, -0.25) is 14.6 Å². The maximum absolute atomic E-state index is 13.4. The van der Waals surface area contributed by atoms with Gasteiger partial charge in [0.1, 0.15) is 6.10 Å². The average molecular weight is 488 g/mol. The Morgan fingerprint density at radius 2 is 2.06 bits per heavy atom. The summed E-state index contributed by atoms with van der Waals surface area (Å²) in [5.41, 5.74) is 1.77. The molecule has 0 radical (unpaired) electrons. The summed E-state index contributed by atoms with van der Waals surface area (Å²) >= 11 is 0. The molecule has 1 aliphatic heterocycles. The number of aromatic nitrogens is 1. The fourth-order valence-corrected chi connectivity index (χ4v) is 5.88. The van der Waals surface area contributed by atoms with Gasteiger partial charge in [-0.2, -0.15) is 5.26 Å². The van der Waals surface area contributed by atoms with Crippen LogP contribution < -0.4 is 5.32 Å². The van der Waals surface area contributed by atoms with E-state index in [0.29, 0.717) is 12.0 Å². The zero-order chi connectivity index (χ0) is 26.0. The van der Waals surface area contributed by atoms with Gasteiger partial charge in [0.2, 0.25) is 5.91 Å². The van der Waals surface area contributed by atoms with Crippen LogP contribution >= 0.6 is 0 Å². The molecule has 0 bridgehead atoms. The second-order valence-electron chi connectivity index (χ2n) is 10.3. The fraction of sp³-hybridized carbons (Fsp3) is 0.448. The molecule has 0 spiro atoms. The van der Waals surface area contributed by atoms with Crippen molar-refractivity contribution in [2.45, 2.75) is 46.3 Å². The van der Waals surface area contributed by atoms with Crippen molar-refractivity contribution >= 4 is 18.0 Å². The molecule has 4 rings (SSSR count). The number of carbonyl (C=O) groups excluding carboxylic acids is 2. The molecule has 1 aliphatic carbocycles. The minimum atomic E-state index is -1.28. The van der Waals surface area contributed by atoms with Crippen LogP contribution in [0.4, 0.5) is 0 Å². The van der Waals surface area contributed by atoms with Gasteiger partial charge in [0.05, 0.1) is 23.9 Å². The second kappa shape index (κ2) is 10.2. The lowest BCUT2D eigenvalue weighted by Crippen LogP contribution is -2.57. The van der Waals surface area contributed by atoms with Crippen LogP contribution in [0.5, 0.6) is 0 Å². The van der Waals surface area contributed by atoms with E-state index >= 15 is 0 Å². The monoisotopic (exact) mass is 487 g/mol. The van der Waals surface area contributed by atoms with E-state index in [0.717, 1.165) is 16.8 Å². The highest BCUT2D eigenvalue weighted by molar-refractivity contribution is 6.04. The smallest absolute Gasteiger partial charge is 0.322 e. The van der Waals surface area contributed by atoms with Crippen LogP contribution in [0.25, 0.3) is 17.2 Å². The minimum absolute atomic E-state index is 0.0776. The number of esters is 1. The Hall–Kier alpha value is -3.50. The topological polar surface area (TPSA) is 112 Å². The van der Waals surface area contributed by atoms with Gasteiger partial charge < -0.3 is 15.2 Å². The van der Waals surface area contributed by atoms with E-state index < -0.39 is 23.5 Å². The van der Waals surface area contributed by atoms with E-state index in [9.17, 15) is 20.0 Å². The first-order chi connectivity index (χ1) is 17.2. The summed E-state index contributed by atoms with van der Waals surface area (Å²) in [7, 11) is 0. The third-order valence-electron chi connectivity index (χ3n) is 7.99. The molecule has 1 saturated carbocycles. The molecule has 7 nitrogen and oxygen atoms in total. The van der Waals surface area contributed by atoms with Crippen molar-refractivity contribution in [3.8, 4) is 17.2 Å². The molecule has 2 aromatic rings. The largest absolute Gasteiger partial charge is 0.461 e. The fourth-order valence-electron chi connectivity index (χ4n) is 5.88. The number of fused-ring (bicyclic) bond motifs is 1. The van der Waals surface area contributed by atoms with Gasteiger partial charge in [0.25, 0.3) is 0 Å². The van der Waals surface area contributed by atoms with Crippen LogP contribution in [-0.4, -0.2) is 40.7 Å². The highest BCUT2D eigenvalue weighted by Gasteiger charge is 2.66. The first kappa shape index (κ1) is 25.6. The second-order valence-corrected chi connectivity index (χ2v) is 10.3. The minimum Gasteiger partial charge on any atom is -0.461 e. The number of pyridine rings is 1. The number of hydrogen-bond acceptors (Lipinski definition) is 6. The van der Waals surface area contributed by atoms with E-state index in [1.54, 1.807) is 19.2 Å². The maximum atomic E-state index is 13.4. The standard InChI is InChI=1S/C29H33N3O4/c1-17-13-29(27(34)32-18(2)16-33)26(20(4)36-28(29)35)24(19(17)3)12-11-23-10-9-22(15-31-23)25-8-6-5-7-21(25)14-30/h5-12,15,17-20,24,26,33H,13,16H2,1-4H3,(H,32,34)/b12-11+/t17?,18-,19?,20?,24?,26?,29-/m1/s1. The van der Waals surface area contributed by atoms with Gasteiger partial charge >= 0.3 is 5.97 Å². The third kappa shape index (κ3) is 4.42. The summed E-state index contributed by atoms with van der Waals surface area (Å²) < 4.78 is 5.68. The summed E-state index contributed by atoms with van der Waals surface area (Å²) in [5, 5.41) is 21.7. The molecule has 7 heteroatoms. The zero-order valence-corrected chi connectivity index (χ0v) is 21.1. The number of ether oxygens (including phenoxy) is 1. The molecule has 1 aromatic heterocycles. The lowest BCUT2D eigenvalue weighted by Gasteiger charge is -2.46. The normalized spacial score (nSPS) is 30.3. The predicted octanol–water partition coefficient (Wildman–Crippen LogP) is 3.97. The van der Waals surface area contributed by atoms with Crippen LogP contribution in [-0.2, 0) is 14.3 Å². The lowest BCUT2D eigenvalue weighted by atomic mass is 9.54. The van der Waals surface area contributed by atoms with Crippen molar-refractivity contribution in [3.63, 3.8) is 0 Å². The van der Waals surface area contributed by atoms with Gasteiger partial charge in [-0.15, -0.1) is 0 Å². The number of carbonyl (C=O) groups is 2. The van der Waals surface area contributed by atoms with E-state index in [4.69, 9.17) is 4.74 Å². The SMILES string of the molecule is CC1C[C@@]2(C(=O)N[C@H](C)CO)C(=O)OC(C)C2C(/C=C/c2ccc(-c3ccccc3C#N)cn2)C1C. The summed E-state index contributed by atoms with van der Waals surface area (Å²) in [6.45, 7) is 7.60. The third-order valence-corrected chi connectivity index (χ3v) is 7.99. The Kier molecular flexibility index (Phi) is 7.28. The molecule has 2 aliphatic rings. The van der Waals surface area contributed by atoms with E-state index in [-0.39, 0.29) is 36.2 Å². The maximum Gasteiger partial charge on any atom is 0.322 e. The molecular weight excluding hydrogens is 454 g/mol. The average Bonchev–Trinajstić information content (AvgIpc) is 3.14. The van der Waals surface area contributed by atoms with Crippen LogP contribution in [0.3, 0.4) is 0 Å². The van der Waals surface area contributed by atoms with Gasteiger partial charge in [0, 0.05) is 29.3 Å². The van der Waals surface area contributed by atoms with Crippen LogP contribution in [0.15, 0.2) is 48.7 Å². The molecule has 1 saturated heterocycles. The van der Waals surface area contributed by atoms with Crippen LogP contribution in [0.1, 0.15) is 45.4 Å². The summed E-state index contributed by atoms with van der Waals surface area (Å²) in [5.74, 6) is -0.896. The number of cyclic esters (lactones) is 1. The molecule has 1 amide bonds. The number of aliphatic hydroxyl groups excluding tert-OH is 1. The summed E-state index contributed by atoms with van der Waals surface area (Å²) in [6, 6.07) is 13.0. The van der Waals surface area contributed by atoms with Crippen LogP contribution in [0.2, 0.25) is 0 Å². The number of hydrogen-bond donors (Lipinski definition) is 2. The predicted molar refractivity (Wildman–Crippen MR) is 136 cm³/mol. The van der Waals surface area contributed by atoms with Crippen molar-refractivity contribution in [1.29, 1.82) is 5.26 Å². The van der Waals surface area contributed by atoms with Gasteiger partial charge in [0.15, 0.2) is 5.41 Å². The van der Waals surface area contributed by atoms with Crippen molar-refractivity contribution < 1.29 is 19.4 Å². The Labute approximate surface area is 212 Å². The number of nitrogens with one attached hydrogen (secondary N) is 1. The number of benzene rings is 1. The highest BCUT2D eigenvalue weighted by Crippen LogP contribution is 2.56. The van der Waals surface area contributed by atoms with E-state index in [1.165, 1.54) is 0 Å². The number of amides is 1. The molecule has 188 valence electrons. The highest BCUT2D eigenvalue weighted by atomic mass is 16.6. The molecule has 5 unspecified atom stereocenters. The first-order valence-corrected chi connectivity index (χ1v) is 12.5. The molecule has 1 aromatic carbocycles. The number of aliphatic hydroxyl groups is 1. The number of nitrogens with zero attached hydrogens (tertiary/aromatic N) is 2. The van der Waals surface area contributed by atoms with Crippen LogP contribution in [0, 0.1) is 40.4 Å². The van der Waals surface area contributed by atoms with Crippen molar-refractivity contribution in [1.82, 2.24) is 10.3 Å². The number of nitriles is 1. The Morgan fingerprint density at radius 3 is 2.72 bits per heavy atom. The van der Waals surface area contributed by atoms with E-state index in [1.807, 2.05) is 43.3 Å². The molecule has 36 heavy (non-hydrogen) atoms. The molecule has 2 fully saturated rings. The Bertz CT molecular complexity index is 1200. The van der Waals surface area contributed by atoms with Gasteiger partial charge in [-0.25, -0.2) is 0 Å². The van der Waals surface area contributed by atoms with Crippen molar-refractivity contribution in [2.75, 3.05) is 6.61 Å². The lowest BCUT2D eigenvalue weighted by molar-refractivity contribution is -0.157. The van der Waals surface area contributed by atoms with Crippen molar-refractivity contribution in [3.05, 3.63) is 59.9 Å². The molecule has 7 atom stereocenters. The zero-order valence-electron chi connectivity index (χ0n) is 21.1. The molecule has 2 heterocycles. The first-order valence-electron chi connectivity index (χ1n) is 12.5. The Morgan fingerprint density at radius 1 is 1.31 bits per heavy atom. The summed E-state index contributed by atoms with van der Waals surface area (Å²) in [4.78, 5) is 31.2.